The Bertz CT molecular complexity index is 785. The van der Waals surface area contributed by atoms with E-state index in [1.165, 1.54) is 0 Å². The predicted molar refractivity (Wildman–Crippen MR) is 105 cm³/mol. The molecule has 0 spiro atoms. The average molecular weight is 393 g/mol. The number of carbonyl (C=O) groups excluding carboxylic acids is 2. The van der Waals surface area contributed by atoms with Crippen molar-refractivity contribution in [2.45, 2.75) is 38.6 Å². The lowest BCUT2D eigenvalue weighted by atomic mass is 10.1. The molecule has 9 heteroatoms. The van der Waals surface area contributed by atoms with Gasteiger partial charge in [0.05, 0.1) is 12.6 Å². The van der Waals surface area contributed by atoms with Gasteiger partial charge < -0.3 is 16.4 Å². The Hall–Kier alpha value is -2.45. The van der Waals surface area contributed by atoms with Crippen LogP contribution in [0, 0.1) is 5.92 Å². The number of nitrogens with zero attached hydrogens (tertiary/aromatic N) is 2. The van der Waals surface area contributed by atoms with Gasteiger partial charge in [0.2, 0.25) is 11.8 Å². The second kappa shape index (κ2) is 8.96. The van der Waals surface area contributed by atoms with Crippen molar-refractivity contribution < 1.29 is 9.59 Å². The molecule has 0 radical (unpaired) electrons. The molecule has 1 saturated carbocycles. The van der Waals surface area contributed by atoms with Crippen LogP contribution >= 0.6 is 12.4 Å². The minimum atomic E-state index is -0.621. The van der Waals surface area contributed by atoms with Crippen LogP contribution in [0.1, 0.15) is 38.4 Å². The summed E-state index contributed by atoms with van der Waals surface area (Å²) in [5, 5.41) is 12.5. The first-order valence-electron chi connectivity index (χ1n) is 8.80. The van der Waals surface area contributed by atoms with Gasteiger partial charge in [0.15, 0.2) is 5.82 Å². The summed E-state index contributed by atoms with van der Waals surface area (Å²) in [6, 6.07) is 6.64. The van der Waals surface area contributed by atoms with Gasteiger partial charge in [0, 0.05) is 17.2 Å². The lowest BCUT2D eigenvalue weighted by molar-refractivity contribution is -0.125. The average Bonchev–Trinajstić information content (AvgIpc) is 3.36. The van der Waals surface area contributed by atoms with Crippen molar-refractivity contribution in [1.29, 1.82) is 0 Å². The molecule has 1 aromatic heterocycles. The van der Waals surface area contributed by atoms with Crippen molar-refractivity contribution in [2.75, 3.05) is 11.9 Å². The number of amides is 2. The second-order valence-corrected chi connectivity index (χ2v) is 6.93. The molecule has 0 unspecified atom stereocenters. The van der Waals surface area contributed by atoms with E-state index in [4.69, 9.17) is 5.73 Å². The molecule has 27 heavy (non-hydrogen) atoms. The van der Waals surface area contributed by atoms with Gasteiger partial charge in [0.1, 0.15) is 5.82 Å². The molecule has 0 bridgehead atoms. The smallest absolute Gasteiger partial charge is 0.243 e. The van der Waals surface area contributed by atoms with Gasteiger partial charge in [-0.05, 0) is 43.0 Å². The lowest BCUT2D eigenvalue weighted by Crippen LogP contribution is -2.46. The van der Waals surface area contributed by atoms with Crippen LogP contribution in [0.15, 0.2) is 24.3 Å². The van der Waals surface area contributed by atoms with Gasteiger partial charge in [-0.2, -0.15) is 5.10 Å². The molecule has 8 nitrogen and oxygen atoms in total. The quantitative estimate of drug-likeness (QED) is 0.571. The van der Waals surface area contributed by atoms with Gasteiger partial charge >= 0.3 is 0 Å². The minimum Gasteiger partial charge on any atom is -0.346 e. The second-order valence-electron chi connectivity index (χ2n) is 6.93. The van der Waals surface area contributed by atoms with Gasteiger partial charge in [0.25, 0.3) is 0 Å². The van der Waals surface area contributed by atoms with Crippen LogP contribution < -0.4 is 16.4 Å². The van der Waals surface area contributed by atoms with E-state index in [1.807, 2.05) is 26.0 Å². The third-order valence-electron chi connectivity index (χ3n) is 4.34. The van der Waals surface area contributed by atoms with Gasteiger partial charge in [-0.1, -0.05) is 13.8 Å². The Kier molecular flexibility index (Phi) is 6.92. The number of hydrogen-bond acceptors (Lipinski definition) is 5. The number of H-pyrrole nitrogens is 1. The number of nitrogens with two attached hydrogens (primary N) is 1. The summed E-state index contributed by atoms with van der Waals surface area (Å²) < 4.78 is 0. The summed E-state index contributed by atoms with van der Waals surface area (Å²) in [6.45, 7) is 3.59. The highest BCUT2D eigenvalue weighted by Crippen LogP contribution is 2.38. The highest BCUT2D eigenvalue weighted by molar-refractivity contribution is 5.95. The number of aromatic amines is 1. The van der Waals surface area contributed by atoms with Gasteiger partial charge in [-0.25, -0.2) is 4.98 Å². The Balaban J connectivity index is 0.00000261. The van der Waals surface area contributed by atoms with Crippen molar-refractivity contribution >= 4 is 29.9 Å². The number of benzene rings is 1. The largest absolute Gasteiger partial charge is 0.346 e. The lowest BCUT2D eigenvalue weighted by Gasteiger charge is -2.15. The van der Waals surface area contributed by atoms with E-state index < -0.39 is 6.04 Å². The molecular formula is C18H25ClN6O2. The first-order chi connectivity index (χ1) is 12.4. The number of nitrogens with one attached hydrogen (secondary N) is 3. The maximum Gasteiger partial charge on any atom is 0.243 e. The molecule has 0 saturated heterocycles. The zero-order chi connectivity index (χ0) is 18.7. The van der Waals surface area contributed by atoms with Crippen LogP contribution in [0.25, 0.3) is 11.4 Å². The fraction of sp³-hybridized carbons (Fsp3) is 0.444. The van der Waals surface area contributed by atoms with Crippen LogP contribution in [0.5, 0.6) is 0 Å². The zero-order valence-corrected chi connectivity index (χ0v) is 16.2. The summed E-state index contributed by atoms with van der Waals surface area (Å²) >= 11 is 0. The molecule has 1 aromatic carbocycles. The predicted octanol–water partition coefficient (Wildman–Crippen LogP) is 1.81. The number of rotatable bonds is 7. The van der Waals surface area contributed by atoms with Crippen LogP contribution in [0.2, 0.25) is 0 Å². The maximum absolute atomic E-state index is 12.0. The topological polar surface area (TPSA) is 126 Å². The van der Waals surface area contributed by atoms with Gasteiger partial charge in [-0.3, -0.25) is 14.7 Å². The maximum atomic E-state index is 12.0. The number of carbonyl (C=O) groups is 2. The third-order valence-corrected chi connectivity index (χ3v) is 4.34. The van der Waals surface area contributed by atoms with E-state index in [2.05, 4.69) is 25.8 Å². The number of halogens is 1. The molecule has 2 amide bonds. The molecule has 0 aliphatic heterocycles. The van der Waals surface area contributed by atoms with E-state index in [-0.39, 0.29) is 36.7 Å². The Morgan fingerprint density at radius 1 is 1.26 bits per heavy atom. The summed E-state index contributed by atoms with van der Waals surface area (Å²) in [4.78, 5) is 28.2. The fourth-order valence-electron chi connectivity index (χ4n) is 2.44. The van der Waals surface area contributed by atoms with Crippen molar-refractivity contribution in [3.8, 4) is 11.4 Å². The molecule has 1 heterocycles. The first kappa shape index (κ1) is 20.9. The Morgan fingerprint density at radius 3 is 2.52 bits per heavy atom. The third kappa shape index (κ3) is 5.51. The van der Waals surface area contributed by atoms with Crippen LogP contribution in [-0.2, 0) is 9.59 Å². The number of anilines is 1. The molecular weight excluding hydrogens is 368 g/mol. The summed E-state index contributed by atoms with van der Waals surface area (Å²) in [6.07, 6.45) is 2.33. The van der Waals surface area contributed by atoms with Gasteiger partial charge in [-0.15, -0.1) is 12.4 Å². The van der Waals surface area contributed by atoms with Crippen molar-refractivity contribution in [3.05, 3.63) is 30.1 Å². The van der Waals surface area contributed by atoms with E-state index in [0.717, 1.165) is 24.2 Å². The molecule has 1 aliphatic carbocycles. The zero-order valence-electron chi connectivity index (χ0n) is 15.4. The molecule has 1 aliphatic rings. The van der Waals surface area contributed by atoms with Crippen molar-refractivity contribution in [3.63, 3.8) is 0 Å². The first-order valence-corrected chi connectivity index (χ1v) is 8.80. The molecule has 2 aromatic rings. The number of aromatic nitrogens is 3. The van der Waals surface area contributed by atoms with Crippen LogP contribution in [0.3, 0.4) is 0 Å². The Labute approximate surface area is 164 Å². The highest BCUT2D eigenvalue weighted by Gasteiger charge is 2.27. The molecule has 5 N–H and O–H groups in total. The normalized spacial score (nSPS) is 14.4. The highest BCUT2D eigenvalue weighted by atomic mass is 35.5. The number of hydrogen-bond donors (Lipinski definition) is 4. The van der Waals surface area contributed by atoms with Crippen molar-refractivity contribution in [1.82, 2.24) is 20.5 Å². The summed E-state index contributed by atoms with van der Waals surface area (Å²) in [5.41, 5.74) is 7.25. The standard InChI is InChI=1S/C18H24N6O2.ClH/c1-10(2)15(19)18(26)20-9-14(25)21-13-7-5-12(6-8-13)17-22-16(23-24-17)11-3-4-11;/h5-8,10-11,15H,3-4,9,19H2,1-2H3,(H,20,26)(H,21,25)(H,22,23,24);1H/t15-;/m0./s1. The summed E-state index contributed by atoms with van der Waals surface area (Å²) in [7, 11) is 0. The van der Waals surface area contributed by atoms with Crippen molar-refractivity contribution in [2.24, 2.45) is 11.7 Å². The molecule has 3 rings (SSSR count). The Morgan fingerprint density at radius 2 is 1.93 bits per heavy atom. The fourth-order valence-corrected chi connectivity index (χ4v) is 2.44. The molecule has 1 atom stereocenters. The SMILES string of the molecule is CC(C)[C@H](N)C(=O)NCC(=O)Nc1ccc(-c2n[nH]c(C3CC3)n2)cc1.Cl. The van der Waals surface area contributed by atoms with Crippen LogP contribution in [0.4, 0.5) is 5.69 Å². The molecule has 1 fully saturated rings. The van der Waals surface area contributed by atoms with Crippen LogP contribution in [-0.4, -0.2) is 39.6 Å². The van der Waals surface area contributed by atoms with E-state index in [9.17, 15) is 9.59 Å². The molecule has 146 valence electrons. The van der Waals surface area contributed by atoms with E-state index in [1.54, 1.807) is 12.1 Å². The summed E-state index contributed by atoms with van der Waals surface area (Å²) in [5.74, 6) is 1.49. The minimum absolute atomic E-state index is 0. The monoisotopic (exact) mass is 392 g/mol. The van der Waals surface area contributed by atoms with E-state index in [0.29, 0.717) is 17.4 Å². The van der Waals surface area contributed by atoms with E-state index >= 15 is 0 Å².